The van der Waals surface area contributed by atoms with Gasteiger partial charge in [0.05, 0.1) is 11.6 Å². The van der Waals surface area contributed by atoms with E-state index in [1.165, 1.54) is 14.7 Å². The summed E-state index contributed by atoms with van der Waals surface area (Å²) in [4.78, 5) is 0. The molecule has 2 rings (SSSR count). The molecule has 0 saturated heterocycles. The fourth-order valence-corrected chi connectivity index (χ4v) is 2.35. The van der Waals surface area contributed by atoms with Crippen molar-refractivity contribution in [3.8, 4) is 17.2 Å². The number of nitriles is 1. The second kappa shape index (κ2) is 4.67. The predicted molar refractivity (Wildman–Crippen MR) is 74.0 cm³/mol. The molecule has 2 heteroatoms. The van der Waals surface area contributed by atoms with Crippen molar-refractivity contribution in [3.63, 3.8) is 0 Å². The van der Waals surface area contributed by atoms with Crippen LogP contribution in [0.15, 0.2) is 42.5 Å². The Hall–Kier alpha value is -1.34. The lowest BCUT2D eigenvalue weighted by molar-refractivity contribution is 1.43. The molecule has 0 saturated carbocycles. The van der Waals surface area contributed by atoms with Crippen molar-refractivity contribution >= 4 is 22.6 Å². The van der Waals surface area contributed by atoms with Crippen molar-refractivity contribution in [2.45, 2.75) is 6.92 Å². The van der Waals surface area contributed by atoms with E-state index in [4.69, 9.17) is 5.26 Å². The maximum Gasteiger partial charge on any atom is 0.0991 e. The van der Waals surface area contributed by atoms with Crippen LogP contribution in [0.25, 0.3) is 11.1 Å². The molecule has 2 aromatic carbocycles. The largest absolute Gasteiger partial charge is 0.192 e. The maximum atomic E-state index is 8.87. The van der Waals surface area contributed by atoms with E-state index in [-0.39, 0.29) is 0 Å². The van der Waals surface area contributed by atoms with Gasteiger partial charge in [-0.25, -0.2) is 0 Å². The van der Waals surface area contributed by atoms with Crippen molar-refractivity contribution in [3.05, 3.63) is 57.2 Å². The molecule has 0 atom stereocenters. The van der Waals surface area contributed by atoms with Gasteiger partial charge in [0.15, 0.2) is 0 Å². The number of nitrogens with zero attached hydrogens (tertiary/aromatic N) is 1. The number of halogens is 1. The summed E-state index contributed by atoms with van der Waals surface area (Å²) in [6.45, 7) is 2.09. The summed E-state index contributed by atoms with van der Waals surface area (Å²) in [6, 6.07) is 16.2. The smallest absolute Gasteiger partial charge is 0.0991 e. The minimum Gasteiger partial charge on any atom is -0.192 e. The molecule has 0 aromatic heterocycles. The van der Waals surface area contributed by atoms with Crippen molar-refractivity contribution in [2.75, 3.05) is 0 Å². The molecule has 0 aliphatic rings. The molecule has 16 heavy (non-hydrogen) atoms. The molecule has 2 aromatic rings. The summed E-state index contributed by atoms with van der Waals surface area (Å²) in [5.41, 5.74) is 4.24. The Labute approximate surface area is 109 Å². The Bertz CT molecular complexity index is 567. The van der Waals surface area contributed by atoms with Gasteiger partial charge in [-0.05, 0) is 70.5 Å². The van der Waals surface area contributed by atoms with Gasteiger partial charge in [-0.15, -0.1) is 0 Å². The topological polar surface area (TPSA) is 23.8 Å². The molecule has 0 spiro atoms. The number of aryl methyl sites for hydroxylation is 1. The standard InChI is InChI=1S/C14H10IN/c1-10-7-13(15)5-6-14(10)12-4-2-3-11(8-12)9-16/h2-8H,1H3. The van der Waals surface area contributed by atoms with Gasteiger partial charge in [-0.3, -0.25) is 0 Å². The van der Waals surface area contributed by atoms with Gasteiger partial charge in [-0.2, -0.15) is 5.26 Å². The number of hydrogen-bond donors (Lipinski definition) is 0. The summed E-state index contributed by atoms with van der Waals surface area (Å²) in [5.74, 6) is 0. The van der Waals surface area contributed by atoms with Gasteiger partial charge in [-0.1, -0.05) is 18.2 Å². The Balaban J connectivity index is 2.55. The third kappa shape index (κ3) is 2.25. The highest BCUT2D eigenvalue weighted by Crippen LogP contribution is 2.25. The van der Waals surface area contributed by atoms with Gasteiger partial charge in [0.1, 0.15) is 0 Å². The lowest BCUT2D eigenvalue weighted by atomic mass is 9.99. The minimum atomic E-state index is 0.704. The number of hydrogen-bond acceptors (Lipinski definition) is 1. The van der Waals surface area contributed by atoms with Crippen LogP contribution in [-0.4, -0.2) is 0 Å². The van der Waals surface area contributed by atoms with Crippen LogP contribution in [0, 0.1) is 21.8 Å². The van der Waals surface area contributed by atoms with E-state index in [0.717, 1.165) is 5.56 Å². The zero-order valence-corrected chi connectivity index (χ0v) is 11.0. The SMILES string of the molecule is Cc1cc(I)ccc1-c1cccc(C#N)c1. The molecular weight excluding hydrogens is 309 g/mol. The van der Waals surface area contributed by atoms with Crippen LogP contribution in [0.1, 0.15) is 11.1 Å². The molecule has 0 fully saturated rings. The van der Waals surface area contributed by atoms with E-state index in [1.54, 1.807) is 0 Å². The van der Waals surface area contributed by atoms with Crippen molar-refractivity contribution in [1.82, 2.24) is 0 Å². The lowest BCUT2D eigenvalue weighted by Crippen LogP contribution is -1.85. The Morgan fingerprint density at radius 2 is 1.94 bits per heavy atom. The van der Waals surface area contributed by atoms with E-state index in [1.807, 2.05) is 24.3 Å². The highest BCUT2D eigenvalue weighted by molar-refractivity contribution is 14.1. The molecule has 0 radical (unpaired) electrons. The van der Waals surface area contributed by atoms with Gasteiger partial charge in [0.25, 0.3) is 0 Å². The summed E-state index contributed by atoms with van der Waals surface area (Å²) in [7, 11) is 0. The zero-order chi connectivity index (χ0) is 11.5. The second-order valence-corrected chi connectivity index (χ2v) is 4.90. The fraction of sp³-hybridized carbons (Fsp3) is 0.0714. The molecule has 0 amide bonds. The highest BCUT2D eigenvalue weighted by atomic mass is 127. The lowest BCUT2D eigenvalue weighted by Gasteiger charge is -2.06. The molecule has 1 nitrogen and oxygen atoms in total. The van der Waals surface area contributed by atoms with E-state index < -0.39 is 0 Å². The van der Waals surface area contributed by atoms with Crippen molar-refractivity contribution in [2.24, 2.45) is 0 Å². The summed E-state index contributed by atoms with van der Waals surface area (Å²) in [5, 5.41) is 8.87. The van der Waals surface area contributed by atoms with Gasteiger partial charge < -0.3 is 0 Å². The molecule has 0 unspecified atom stereocenters. The van der Waals surface area contributed by atoms with Crippen LogP contribution >= 0.6 is 22.6 Å². The average molecular weight is 319 g/mol. The van der Waals surface area contributed by atoms with Gasteiger partial charge in [0.2, 0.25) is 0 Å². The van der Waals surface area contributed by atoms with Crippen LogP contribution in [-0.2, 0) is 0 Å². The van der Waals surface area contributed by atoms with E-state index >= 15 is 0 Å². The minimum absolute atomic E-state index is 0.704. The summed E-state index contributed by atoms with van der Waals surface area (Å²) in [6.07, 6.45) is 0. The molecule has 0 aliphatic carbocycles. The van der Waals surface area contributed by atoms with E-state index in [9.17, 15) is 0 Å². The first kappa shape index (κ1) is 11.2. The van der Waals surface area contributed by atoms with Crippen LogP contribution in [0.5, 0.6) is 0 Å². The van der Waals surface area contributed by atoms with Crippen molar-refractivity contribution < 1.29 is 0 Å². The quantitative estimate of drug-likeness (QED) is 0.725. The molecular formula is C14H10IN. The average Bonchev–Trinajstić information content (AvgIpc) is 2.29. The monoisotopic (exact) mass is 319 g/mol. The zero-order valence-electron chi connectivity index (χ0n) is 8.87. The van der Waals surface area contributed by atoms with Crippen LogP contribution in [0.3, 0.4) is 0 Å². The van der Waals surface area contributed by atoms with Crippen LogP contribution < -0.4 is 0 Å². The summed E-state index contributed by atoms with van der Waals surface area (Å²) < 4.78 is 1.23. The molecule has 78 valence electrons. The Morgan fingerprint density at radius 1 is 1.12 bits per heavy atom. The van der Waals surface area contributed by atoms with Crippen molar-refractivity contribution in [1.29, 1.82) is 5.26 Å². The first-order valence-corrected chi connectivity index (χ1v) is 6.05. The summed E-state index contributed by atoms with van der Waals surface area (Å²) >= 11 is 2.30. The number of rotatable bonds is 1. The fourth-order valence-electron chi connectivity index (χ4n) is 1.71. The first-order chi connectivity index (χ1) is 7.70. The molecule has 0 N–H and O–H groups in total. The normalized spacial score (nSPS) is 9.81. The predicted octanol–water partition coefficient (Wildman–Crippen LogP) is 4.14. The Morgan fingerprint density at radius 3 is 2.62 bits per heavy atom. The molecule has 0 aliphatic heterocycles. The third-order valence-electron chi connectivity index (χ3n) is 2.49. The molecule has 0 bridgehead atoms. The van der Waals surface area contributed by atoms with Crippen LogP contribution in [0.4, 0.5) is 0 Å². The van der Waals surface area contributed by atoms with Gasteiger partial charge in [0, 0.05) is 3.57 Å². The maximum absolute atomic E-state index is 8.87. The molecule has 0 heterocycles. The highest BCUT2D eigenvalue weighted by Gasteiger charge is 2.02. The van der Waals surface area contributed by atoms with E-state index in [0.29, 0.717) is 5.56 Å². The van der Waals surface area contributed by atoms with Gasteiger partial charge >= 0.3 is 0 Å². The van der Waals surface area contributed by atoms with Crippen LogP contribution in [0.2, 0.25) is 0 Å². The number of benzene rings is 2. The first-order valence-electron chi connectivity index (χ1n) is 4.97. The third-order valence-corrected chi connectivity index (χ3v) is 3.16. The second-order valence-electron chi connectivity index (χ2n) is 3.65. The van der Waals surface area contributed by atoms with E-state index in [2.05, 4.69) is 53.8 Å². The Kier molecular flexibility index (Phi) is 3.25.